The van der Waals surface area contributed by atoms with Gasteiger partial charge in [-0.05, 0) is 12.1 Å². The molecule has 1 aromatic rings. The summed E-state index contributed by atoms with van der Waals surface area (Å²) in [5.41, 5.74) is 0. The summed E-state index contributed by atoms with van der Waals surface area (Å²) in [6.45, 7) is 5.75. The van der Waals surface area contributed by atoms with Crippen molar-refractivity contribution < 1.29 is 37.9 Å². The fourth-order valence-corrected chi connectivity index (χ4v) is 3.11. The van der Waals surface area contributed by atoms with Crippen LogP contribution in [0.25, 0.3) is 0 Å². The topological polar surface area (TPSA) is 73.8 Å². The van der Waals surface area contributed by atoms with E-state index in [1.165, 1.54) is 0 Å². The van der Waals surface area contributed by atoms with Gasteiger partial charge in [-0.1, -0.05) is 36.4 Å². The third kappa shape index (κ3) is 9.68. The van der Waals surface area contributed by atoms with Crippen molar-refractivity contribution in [3.05, 3.63) is 48.6 Å². The Morgan fingerprint density at radius 3 is 1.28 bits per heavy atom. The summed E-state index contributed by atoms with van der Waals surface area (Å²) in [7, 11) is 0. The average molecular weight is 451 g/mol. The van der Waals surface area contributed by atoms with Crippen LogP contribution in [0.2, 0.25) is 0 Å². The first kappa shape index (κ1) is 24.7. The van der Waals surface area contributed by atoms with Crippen molar-refractivity contribution in [1.29, 1.82) is 0 Å². The lowest BCUT2D eigenvalue weighted by Crippen LogP contribution is -2.32. The van der Waals surface area contributed by atoms with Crippen LogP contribution in [-0.2, 0) is 28.4 Å². The van der Waals surface area contributed by atoms with Gasteiger partial charge in [0, 0.05) is 0 Å². The van der Waals surface area contributed by atoms with Crippen LogP contribution in [-0.4, -0.2) is 91.5 Å². The summed E-state index contributed by atoms with van der Waals surface area (Å²) < 4.78 is 45.7. The SMILES string of the molecule is C1=CC2OCCOCCOCCOc3ccccc3OCCOCCOCCOC2C=C1. The third-order valence-electron chi connectivity index (χ3n) is 4.68. The van der Waals surface area contributed by atoms with Crippen molar-refractivity contribution >= 4 is 0 Å². The van der Waals surface area contributed by atoms with Crippen molar-refractivity contribution in [1.82, 2.24) is 0 Å². The predicted octanol–water partition coefficient (Wildman–Crippen LogP) is 2.42. The molecule has 3 rings (SSSR count). The van der Waals surface area contributed by atoms with Gasteiger partial charge in [-0.15, -0.1) is 0 Å². The second-order valence-electron chi connectivity index (χ2n) is 7.03. The molecule has 2 unspecified atom stereocenters. The van der Waals surface area contributed by atoms with Crippen LogP contribution in [0.1, 0.15) is 0 Å². The van der Waals surface area contributed by atoms with E-state index in [1.807, 2.05) is 48.6 Å². The molecule has 0 aromatic heterocycles. The van der Waals surface area contributed by atoms with Crippen LogP contribution in [0.15, 0.2) is 48.6 Å². The fraction of sp³-hybridized carbons (Fsp3) is 0.583. The number of fused-ring (bicyclic) bond motifs is 2. The van der Waals surface area contributed by atoms with Gasteiger partial charge in [-0.25, -0.2) is 0 Å². The highest BCUT2D eigenvalue weighted by atomic mass is 16.6. The highest BCUT2D eigenvalue weighted by molar-refractivity contribution is 5.39. The summed E-state index contributed by atoms with van der Waals surface area (Å²) in [4.78, 5) is 0. The molecule has 0 bridgehead atoms. The zero-order chi connectivity index (χ0) is 22.1. The van der Waals surface area contributed by atoms with Crippen molar-refractivity contribution in [2.24, 2.45) is 0 Å². The van der Waals surface area contributed by atoms with Gasteiger partial charge in [0.15, 0.2) is 11.5 Å². The molecule has 32 heavy (non-hydrogen) atoms. The number of allylic oxidation sites excluding steroid dienone is 2. The van der Waals surface area contributed by atoms with E-state index in [4.69, 9.17) is 37.9 Å². The van der Waals surface area contributed by atoms with E-state index in [-0.39, 0.29) is 12.2 Å². The summed E-state index contributed by atoms with van der Waals surface area (Å²) in [5, 5.41) is 0. The van der Waals surface area contributed by atoms with Crippen molar-refractivity contribution in [3.8, 4) is 11.5 Å². The first-order valence-corrected chi connectivity index (χ1v) is 11.2. The number of hydrogen-bond donors (Lipinski definition) is 0. The van der Waals surface area contributed by atoms with Crippen molar-refractivity contribution in [2.45, 2.75) is 12.2 Å². The minimum absolute atomic E-state index is 0.131. The molecule has 1 aromatic carbocycles. The van der Waals surface area contributed by atoms with Gasteiger partial charge in [0.2, 0.25) is 0 Å². The van der Waals surface area contributed by atoms with Crippen LogP contribution < -0.4 is 9.47 Å². The maximum atomic E-state index is 5.90. The van der Waals surface area contributed by atoms with Crippen LogP contribution in [0.4, 0.5) is 0 Å². The van der Waals surface area contributed by atoms with Crippen LogP contribution in [0.3, 0.4) is 0 Å². The minimum atomic E-state index is -0.131. The molecule has 0 fully saturated rings. The molecule has 0 amide bonds. The van der Waals surface area contributed by atoms with Crippen LogP contribution in [0, 0.1) is 0 Å². The van der Waals surface area contributed by atoms with Gasteiger partial charge in [0.25, 0.3) is 0 Å². The molecule has 1 heterocycles. The molecule has 2 aliphatic rings. The van der Waals surface area contributed by atoms with Gasteiger partial charge in [-0.2, -0.15) is 0 Å². The smallest absolute Gasteiger partial charge is 0.161 e. The summed E-state index contributed by atoms with van der Waals surface area (Å²) in [6, 6.07) is 7.57. The molecule has 8 nitrogen and oxygen atoms in total. The predicted molar refractivity (Wildman–Crippen MR) is 118 cm³/mol. The number of benzene rings is 1. The Morgan fingerprint density at radius 2 is 0.844 bits per heavy atom. The van der Waals surface area contributed by atoms with Gasteiger partial charge in [0.05, 0.1) is 66.1 Å². The zero-order valence-corrected chi connectivity index (χ0v) is 18.5. The Balaban J connectivity index is 1.42. The summed E-state index contributed by atoms with van der Waals surface area (Å²) in [5.74, 6) is 1.37. The third-order valence-corrected chi connectivity index (χ3v) is 4.68. The molecular formula is C24H34O8. The van der Waals surface area contributed by atoms with E-state index in [0.29, 0.717) is 90.8 Å². The van der Waals surface area contributed by atoms with E-state index in [2.05, 4.69) is 0 Å². The summed E-state index contributed by atoms with van der Waals surface area (Å²) >= 11 is 0. The standard InChI is InChI=1S/C24H34O8/c1-2-6-22-21(5-1)29-17-13-25-9-10-27-15-19-31-23-7-3-4-8-24(23)32-20-16-28-12-11-26-14-18-30-22/h1-8,21-22H,9-20H2. The Labute approximate surface area is 190 Å². The highest BCUT2D eigenvalue weighted by Crippen LogP contribution is 2.26. The Kier molecular flexibility index (Phi) is 12.2. The number of ether oxygens (including phenoxy) is 8. The Bertz CT molecular complexity index is 621. The molecule has 178 valence electrons. The lowest BCUT2D eigenvalue weighted by Gasteiger charge is -2.24. The molecule has 8 heteroatoms. The normalized spacial score (nSPS) is 25.4. The maximum absolute atomic E-state index is 5.90. The number of para-hydroxylation sites is 2. The zero-order valence-electron chi connectivity index (χ0n) is 18.5. The van der Waals surface area contributed by atoms with Gasteiger partial charge >= 0.3 is 0 Å². The molecule has 2 atom stereocenters. The lowest BCUT2D eigenvalue weighted by molar-refractivity contribution is -0.0641. The average Bonchev–Trinajstić information content (AvgIpc) is 2.82. The lowest BCUT2D eigenvalue weighted by atomic mass is 10.1. The second kappa shape index (κ2) is 15.8. The van der Waals surface area contributed by atoms with E-state index in [0.717, 1.165) is 0 Å². The minimum Gasteiger partial charge on any atom is -0.487 e. The Hall–Kier alpha value is -1.94. The molecule has 1 aliphatic carbocycles. The maximum Gasteiger partial charge on any atom is 0.161 e. The van der Waals surface area contributed by atoms with Crippen molar-refractivity contribution in [2.75, 3.05) is 79.3 Å². The molecule has 0 radical (unpaired) electrons. The molecule has 0 saturated carbocycles. The van der Waals surface area contributed by atoms with Crippen LogP contribution in [0.5, 0.6) is 11.5 Å². The first-order chi connectivity index (χ1) is 15.9. The quantitative estimate of drug-likeness (QED) is 0.597. The number of rotatable bonds is 0. The second-order valence-corrected chi connectivity index (χ2v) is 7.03. The van der Waals surface area contributed by atoms with Gasteiger partial charge in [-0.3, -0.25) is 0 Å². The van der Waals surface area contributed by atoms with Gasteiger partial charge < -0.3 is 37.9 Å². The molecule has 0 spiro atoms. The van der Waals surface area contributed by atoms with E-state index in [1.54, 1.807) is 0 Å². The van der Waals surface area contributed by atoms with E-state index >= 15 is 0 Å². The van der Waals surface area contributed by atoms with Crippen LogP contribution >= 0.6 is 0 Å². The Morgan fingerprint density at radius 1 is 0.469 bits per heavy atom. The van der Waals surface area contributed by atoms with E-state index in [9.17, 15) is 0 Å². The van der Waals surface area contributed by atoms with Gasteiger partial charge in [0.1, 0.15) is 25.4 Å². The molecule has 0 N–H and O–H groups in total. The fourth-order valence-electron chi connectivity index (χ4n) is 3.11. The molecular weight excluding hydrogens is 416 g/mol. The largest absolute Gasteiger partial charge is 0.487 e. The van der Waals surface area contributed by atoms with E-state index < -0.39 is 0 Å². The van der Waals surface area contributed by atoms with Crippen molar-refractivity contribution in [3.63, 3.8) is 0 Å². The monoisotopic (exact) mass is 450 g/mol. The number of hydrogen-bond acceptors (Lipinski definition) is 8. The molecule has 1 aliphatic heterocycles. The summed E-state index contributed by atoms with van der Waals surface area (Å²) in [6.07, 6.45) is 7.65. The first-order valence-electron chi connectivity index (χ1n) is 11.2. The highest BCUT2D eigenvalue weighted by Gasteiger charge is 2.19. The molecule has 0 saturated heterocycles.